The number of rotatable bonds is 6. The van der Waals surface area contributed by atoms with Gasteiger partial charge in [0, 0.05) is 30.4 Å². The van der Waals surface area contributed by atoms with Crippen LogP contribution in [0.4, 0.5) is 0 Å². The van der Waals surface area contributed by atoms with Crippen LogP contribution in [0, 0.1) is 0 Å². The molecule has 0 amide bonds. The Morgan fingerprint density at radius 3 is 2.77 bits per heavy atom. The van der Waals surface area contributed by atoms with Crippen LogP contribution >= 0.6 is 11.3 Å². The Kier molecular flexibility index (Phi) is 6.03. The molecule has 2 aromatic rings. The monoisotopic (exact) mass is 429 g/mol. The van der Waals surface area contributed by atoms with E-state index in [4.69, 9.17) is 9.47 Å². The van der Waals surface area contributed by atoms with Gasteiger partial charge in [0.1, 0.15) is 23.0 Å². The second-order valence-corrected chi connectivity index (χ2v) is 10.1. The molecule has 1 saturated heterocycles. The van der Waals surface area contributed by atoms with Gasteiger partial charge in [-0.25, -0.2) is 9.97 Å². The predicted molar refractivity (Wildman–Crippen MR) is 117 cm³/mol. The molecule has 0 radical (unpaired) electrons. The number of thiophene rings is 1. The summed E-state index contributed by atoms with van der Waals surface area (Å²) >= 11 is 1.79. The standard InChI is InChI=1S/C23H31N3O3S/c1-15(27)2-3-16-4-9-19-20(16)21-22(24-14-25-23(21)30-19)29-18-7-5-17(6-8-18)26-10-12-28-13-11-26/h14,16-18H,2-13H2,1H3/t16-,17-,18-/m0/s1. The molecule has 0 spiro atoms. The van der Waals surface area contributed by atoms with Gasteiger partial charge in [0.2, 0.25) is 5.88 Å². The Balaban J connectivity index is 1.30. The molecule has 5 rings (SSSR count). The molecule has 3 aliphatic rings. The molecule has 2 fully saturated rings. The van der Waals surface area contributed by atoms with Gasteiger partial charge >= 0.3 is 0 Å². The van der Waals surface area contributed by atoms with Crippen molar-refractivity contribution in [1.29, 1.82) is 0 Å². The Hall–Kier alpha value is -1.57. The van der Waals surface area contributed by atoms with Crippen LogP contribution in [-0.4, -0.2) is 59.1 Å². The lowest BCUT2D eigenvalue weighted by Crippen LogP contribution is -2.46. The summed E-state index contributed by atoms with van der Waals surface area (Å²) in [5.74, 6) is 1.47. The molecule has 162 valence electrons. The minimum Gasteiger partial charge on any atom is -0.474 e. The summed E-state index contributed by atoms with van der Waals surface area (Å²) in [7, 11) is 0. The Morgan fingerprint density at radius 1 is 1.20 bits per heavy atom. The van der Waals surface area contributed by atoms with Crippen LogP contribution in [0.1, 0.15) is 68.2 Å². The van der Waals surface area contributed by atoms with Crippen molar-refractivity contribution in [1.82, 2.24) is 14.9 Å². The number of morpholine rings is 1. The van der Waals surface area contributed by atoms with E-state index >= 15 is 0 Å². The van der Waals surface area contributed by atoms with Crippen LogP contribution in [0.5, 0.6) is 5.88 Å². The second-order valence-electron chi connectivity index (χ2n) is 8.97. The maximum atomic E-state index is 11.5. The van der Waals surface area contributed by atoms with Crippen molar-refractivity contribution in [3.63, 3.8) is 0 Å². The number of hydrogen-bond donors (Lipinski definition) is 0. The first kappa shape index (κ1) is 20.3. The number of fused-ring (bicyclic) bond motifs is 3. The maximum absolute atomic E-state index is 11.5. The molecule has 0 N–H and O–H groups in total. The molecule has 6 nitrogen and oxygen atoms in total. The first-order valence-electron chi connectivity index (χ1n) is 11.4. The molecule has 2 aromatic heterocycles. The zero-order valence-electron chi connectivity index (χ0n) is 17.8. The molecule has 1 atom stereocenters. The van der Waals surface area contributed by atoms with E-state index in [1.54, 1.807) is 24.6 Å². The quantitative estimate of drug-likeness (QED) is 0.688. The highest BCUT2D eigenvalue weighted by Gasteiger charge is 2.32. The van der Waals surface area contributed by atoms with Gasteiger partial charge < -0.3 is 14.3 Å². The normalized spacial score (nSPS) is 27.3. The minimum atomic E-state index is 0.230. The molecule has 1 aliphatic heterocycles. The number of aromatic nitrogens is 2. The number of hydrogen-bond acceptors (Lipinski definition) is 7. The van der Waals surface area contributed by atoms with Gasteiger partial charge in [-0.2, -0.15) is 0 Å². The molecule has 1 saturated carbocycles. The zero-order valence-corrected chi connectivity index (χ0v) is 18.6. The molecular weight excluding hydrogens is 398 g/mol. The molecule has 7 heteroatoms. The van der Waals surface area contributed by atoms with Crippen LogP contribution in [0.2, 0.25) is 0 Å². The number of carbonyl (C=O) groups is 1. The van der Waals surface area contributed by atoms with Gasteiger partial charge in [0.15, 0.2) is 0 Å². The SMILES string of the molecule is CC(=O)CC[C@H]1CCc2sc3ncnc(O[C@H]4CC[C@H](N5CCOCC5)CC4)c3c21. The van der Waals surface area contributed by atoms with E-state index in [0.717, 1.165) is 74.5 Å². The average Bonchev–Trinajstić information content (AvgIpc) is 3.33. The average molecular weight is 430 g/mol. The number of ketones is 1. The summed E-state index contributed by atoms with van der Waals surface area (Å²) in [5.41, 5.74) is 1.37. The van der Waals surface area contributed by atoms with Gasteiger partial charge in [-0.15, -0.1) is 11.3 Å². The highest BCUT2D eigenvalue weighted by Crippen LogP contribution is 2.47. The third-order valence-corrected chi connectivity index (χ3v) is 8.20. The molecule has 0 unspecified atom stereocenters. The highest BCUT2D eigenvalue weighted by atomic mass is 32.1. The van der Waals surface area contributed by atoms with Crippen molar-refractivity contribution in [2.45, 2.75) is 76.4 Å². The summed E-state index contributed by atoms with van der Waals surface area (Å²) in [6.07, 6.45) is 10.2. The number of aryl methyl sites for hydroxylation is 1. The van der Waals surface area contributed by atoms with E-state index in [-0.39, 0.29) is 11.9 Å². The van der Waals surface area contributed by atoms with Crippen LogP contribution in [-0.2, 0) is 16.0 Å². The third-order valence-electron chi connectivity index (χ3n) is 7.02. The summed E-state index contributed by atoms with van der Waals surface area (Å²) in [4.78, 5) is 25.7. The fraction of sp³-hybridized carbons (Fsp3) is 0.696. The number of nitrogens with zero attached hydrogens (tertiary/aromatic N) is 3. The predicted octanol–water partition coefficient (Wildman–Crippen LogP) is 4.11. The first-order chi connectivity index (χ1) is 14.7. The number of carbonyl (C=O) groups excluding carboxylic acids is 1. The largest absolute Gasteiger partial charge is 0.474 e. The minimum absolute atomic E-state index is 0.230. The van der Waals surface area contributed by atoms with Gasteiger partial charge in [-0.1, -0.05) is 0 Å². The lowest BCUT2D eigenvalue weighted by Gasteiger charge is -2.38. The molecule has 3 heterocycles. The molecular formula is C23H31N3O3S. The van der Waals surface area contributed by atoms with E-state index in [9.17, 15) is 4.79 Å². The van der Waals surface area contributed by atoms with Crippen molar-refractivity contribution in [3.05, 3.63) is 16.8 Å². The topological polar surface area (TPSA) is 64.5 Å². The smallest absolute Gasteiger partial charge is 0.225 e. The van der Waals surface area contributed by atoms with E-state index < -0.39 is 0 Å². The zero-order chi connectivity index (χ0) is 20.5. The van der Waals surface area contributed by atoms with Crippen LogP contribution in [0.3, 0.4) is 0 Å². The fourth-order valence-electron chi connectivity index (χ4n) is 5.42. The van der Waals surface area contributed by atoms with Crippen molar-refractivity contribution in [2.75, 3.05) is 26.3 Å². The van der Waals surface area contributed by atoms with E-state index in [0.29, 0.717) is 18.4 Å². The first-order valence-corrected chi connectivity index (χ1v) is 12.2. The Morgan fingerprint density at radius 2 is 2.00 bits per heavy atom. The summed E-state index contributed by atoms with van der Waals surface area (Å²) in [6.45, 7) is 5.54. The van der Waals surface area contributed by atoms with Gasteiger partial charge in [0.05, 0.1) is 18.6 Å². The Labute approximate surface area is 182 Å². The van der Waals surface area contributed by atoms with Crippen LogP contribution in [0.15, 0.2) is 6.33 Å². The van der Waals surface area contributed by atoms with E-state index in [1.165, 1.54) is 23.3 Å². The molecule has 0 bridgehead atoms. The third kappa shape index (κ3) is 4.12. The molecule has 30 heavy (non-hydrogen) atoms. The van der Waals surface area contributed by atoms with Crippen molar-refractivity contribution >= 4 is 27.3 Å². The van der Waals surface area contributed by atoms with E-state index in [1.807, 2.05) is 0 Å². The summed E-state index contributed by atoms with van der Waals surface area (Å²) < 4.78 is 12.0. The van der Waals surface area contributed by atoms with Crippen molar-refractivity contribution in [2.24, 2.45) is 0 Å². The fourth-order valence-corrected chi connectivity index (χ4v) is 6.66. The number of Topliss-reactive ketones (excluding diaryl/α,β-unsaturated/α-hetero) is 1. The van der Waals surface area contributed by atoms with Crippen molar-refractivity contribution in [3.8, 4) is 5.88 Å². The maximum Gasteiger partial charge on any atom is 0.225 e. The number of ether oxygens (including phenoxy) is 2. The Bertz CT molecular complexity index is 900. The lowest BCUT2D eigenvalue weighted by atomic mass is 9.91. The molecule has 0 aromatic carbocycles. The van der Waals surface area contributed by atoms with Crippen LogP contribution < -0.4 is 4.74 Å². The van der Waals surface area contributed by atoms with Gasteiger partial charge in [-0.05, 0) is 63.4 Å². The second kappa shape index (κ2) is 8.89. The lowest BCUT2D eigenvalue weighted by molar-refractivity contribution is -0.117. The molecule has 2 aliphatic carbocycles. The highest BCUT2D eigenvalue weighted by molar-refractivity contribution is 7.19. The summed E-state index contributed by atoms with van der Waals surface area (Å²) in [6, 6.07) is 0.667. The van der Waals surface area contributed by atoms with Gasteiger partial charge in [0.25, 0.3) is 0 Å². The van der Waals surface area contributed by atoms with Crippen LogP contribution in [0.25, 0.3) is 10.2 Å². The van der Waals surface area contributed by atoms with Gasteiger partial charge in [-0.3, -0.25) is 4.90 Å². The summed E-state index contributed by atoms with van der Waals surface area (Å²) in [5, 5.41) is 1.12. The van der Waals surface area contributed by atoms with E-state index in [2.05, 4.69) is 14.9 Å². The van der Waals surface area contributed by atoms with Crippen molar-refractivity contribution < 1.29 is 14.3 Å².